The third kappa shape index (κ3) is 2.88. The highest BCUT2D eigenvalue weighted by Crippen LogP contribution is 2.09. The summed E-state index contributed by atoms with van der Waals surface area (Å²) < 4.78 is 10.1. The molecule has 0 aliphatic carbocycles. The summed E-state index contributed by atoms with van der Waals surface area (Å²) in [4.78, 5) is 11.3. The maximum absolute atomic E-state index is 11.3. The third-order valence-electron chi connectivity index (χ3n) is 1.61. The predicted molar refractivity (Wildman–Crippen MR) is 51.7 cm³/mol. The summed E-state index contributed by atoms with van der Waals surface area (Å²) in [7, 11) is 0. The van der Waals surface area contributed by atoms with Crippen LogP contribution in [0.25, 0.3) is 0 Å². The number of carbonyl (C=O) groups excluding carboxylic acids is 1. The van der Waals surface area contributed by atoms with Crippen molar-refractivity contribution < 1.29 is 13.9 Å². The number of nitrogens with two attached hydrogens (primary N) is 1. The second-order valence-corrected chi connectivity index (χ2v) is 3.46. The quantitative estimate of drug-likeness (QED) is 0.744. The number of ether oxygens (including phenoxy) is 1. The fourth-order valence-corrected chi connectivity index (χ4v) is 0.911. The van der Waals surface area contributed by atoms with Crippen LogP contribution in [0.5, 0.6) is 0 Å². The molecule has 0 aliphatic rings. The fraction of sp³-hybridized carbons (Fsp3) is 0.500. The van der Waals surface area contributed by atoms with Gasteiger partial charge in [-0.25, -0.2) is 4.79 Å². The molecule has 0 aliphatic heterocycles. The summed E-state index contributed by atoms with van der Waals surface area (Å²) in [6.07, 6.45) is 0. The number of esters is 1. The zero-order valence-corrected chi connectivity index (χ0v) is 8.45. The molecule has 1 rings (SSSR count). The molecule has 4 heteroatoms. The molecule has 0 saturated heterocycles. The number of hydrogen-bond acceptors (Lipinski definition) is 4. The highest BCUT2D eigenvalue weighted by Gasteiger charge is 2.12. The van der Waals surface area contributed by atoms with Gasteiger partial charge in [-0.2, -0.15) is 0 Å². The van der Waals surface area contributed by atoms with Crippen LogP contribution in [0.15, 0.2) is 16.5 Å². The minimum Gasteiger partial charge on any atom is -0.460 e. The van der Waals surface area contributed by atoms with Crippen molar-refractivity contribution in [1.82, 2.24) is 0 Å². The summed E-state index contributed by atoms with van der Waals surface area (Å²) >= 11 is 0. The highest BCUT2D eigenvalue weighted by atomic mass is 16.5. The molecule has 0 bridgehead atoms. The molecule has 0 fully saturated rings. The van der Waals surface area contributed by atoms with Gasteiger partial charge in [0.1, 0.15) is 5.76 Å². The summed E-state index contributed by atoms with van der Waals surface area (Å²) in [5, 5.41) is 0. The zero-order valence-electron chi connectivity index (χ0n) is 8.45. The molecule has 0 spiro atoms. The molecule has 1 aromatic rings. The minimum absolute atomic E-state index is 0.214. The van der Waals surface area contributed by atoms with Crippen LogP contribution in [0.3, 0.4) is 0 Å². The van der Waals surface area contributed by atoms with E-state index in [-0.39, 0.29) is 12.3 Å². The van der Waals surface area contributed by atoms with Crippen LogP contribution >= 0.6 is 0 Å². The van der Waals surface area contributed by atoms with Gasteiger partial charge in [0.2, 0.25) is 5.76 Å². The summed E-state index contributed by atoms with van der Waals surface area (Å²) in [5.74, 6) is 0.689. The van der Waals surface area contributed by atoms with Crippen molar-refractivity contribution in [3.05, 3.63) is 23.7 Å². The molecule has 1 heterocycles. The third-order valence-corrected chi connectivity index (χ3v) is 1.61. The Labute approximate surface area is 83.0 Å². The molecular formula is C10H15NO3. The van der Waals surface area contributed by atoms with Crippen LogP contribution < -0.4 is 5.73 Å². The first-order valence-corrected chi connectivity index (χ1v) is 4.59. The van der Waals surface area contributed by atoms with E-state index in [0.717, 1.165) is 0 Å². The van der Waals surface area contributed by atoms with Gasteiger partial charge >= 0.3 is 5.97 Å². The van der Waals surface area contributed by atoms with E-state index in [0.29, 0.717) is 18.3 Å². The zero-order chi connectivity index (χ0) is 10.6. The van der Waals surface area contributed by atoms with E-state index in [9.17, 15) is 4.79 Å². The Hall–Kier alpha value is -1.29. The van der Waals surface area contributed by atoms with E-state index in [4.69, 9.17) is 14.9 Å². The molecule has 78 valence electrons. The van der Waals surface area contributed by atoms with Crippen molar-refractivity contribution in [2.24, 2.45) is 11.7 Å². The Kier molecular flexibility index (Phi) is 3.71. The normalized spacial score (nSPS) is 10.6. The first-order chi connectivity index (χ1) is 6.63. The SMILES string of the molecule is CC(C)COC(=O)c1ccc(CN)o1. The van der Waals surface area contributed by atoms with E-state index in [1.807, 2.05) is 13.8 Å². The fourth-order valence-electron chi connectivity index (χ4n) is 0.911. The molecule has 4 nitrogen and oxygen atoms in total. The number of furan rings is 1. The van der Waals surface area contributed by atoms with E-state index in [1.54, 1.807) is 12.1 Å². The van der Waals surface area contributed by atoms with Crippen LogP contribution in [0.4, 0.5) is 0 Å². The smallest absolute Gasteiger partial charge is 0.374 e. The number of carbonyl (C=O) groups is 1. The van der Waals surface area contributed by atoms with Crippen LogP contribution in [0.1, 0.15) is 30.2 Å². The Morgan fingerprint density at radius 1 is 1.57 bits per heavy atom. The van der Waals surface area contributed by atoms with Crippen molar-refractivity contribution in [2.75, 3.05) is 6.61 Å². The average molecular weight is 197 g/mol. The second-order valence-electron chi connectivity index (χ2n) is 3.46. The molecule has 0 atom stereocenters. The monoisotopic (exact) mass is 197 g/mol. The van der Waals surface area contributed by atoms with Crippen LogP contribution in [0.2, 0.25) is 0 Å². The van der Waals surface area contributed by atoms with E-state index < -0.39 is 5.97 Å². The Balaban J connectivity index is 2.52. The van der Waals surface area contributed by atoms with Crippen LogP contribution in [0, 0.1) is 5.92 Å². The van der Waals surface area contributed by atoms with Gasteiger partial charge in [-0.1, -0.05) is 13.8 Å². The van der Waals surface area contributed by atoms with Crippen molar-refractivity contribution in [2.45, 2.75) is 20.4 Å². The van der Waals surface area contributed by atoms with Gasteiger partial charge in [0.25, 0.3) is 0 Å². The Bertz CT molecular complexity index is 304. The number of hydrogen-bond donors (Lipinski definition) is 1. The van der Waals surface area contributed by atoms with Gasteiger partial charge in [-0.05, 0) is 18.1 Å². The second kappa shape index (κ2) is 4.81. The molecular weight excluding hydrogens is 182 g/mol. The summed E-state index contributed by atoms with van der Waals surface area (Å²) in [6, 6.07) is 3.25. The van der Waals surface area contributed by atoms with Gasteiger partial charge in [-0.15, -0.1) is 0 Å². The van der Waals surface area contributed by atoms with Crippen molar-refractivity contribution in [3.63, 3.8) is 0 Å². The lowest BCUT2D eigenvalue weighted by atomic mass is 10.2. The van der Waals surface area contributed by atoms with Crippen LogP contribution in [-0.2, 0) is 11.3 Å². The van der Waals surface area contributed by atoms with Gasteiger partial charge in [0.05, 0.1) is 13.2 Å². The predicted octanol–water partition coefficient (Wildman–Crippen LogP) is 1.55. The molecule has 2 N–H and O–H groups in total. The van der Waals surface area contributed by atoms with Gasteiger partial charge in [-0.3, -0.25) is 0 Å². The van der Waals surface area contributed by atoms with Crippen molar-refractivity contribution >= 4 is 5.97 Å². The van der Waals surface area contributed by atoms with Crippen molar-refractivity contribution in [1.29, 1.82) is 0 Å². The van der Waals surface area contributed by atoms with Crippen LogP contribution in [-0.4, -0.2) is 12.6 Å². The van der Waals surface area contributed by atoms with Gasteiger partial charge in [0.15, 0.2) is 0 Å². The molecule has 0 radical (unpaired) electrons. The standard InChI is InChI=1S/C10H15NO3/c1-7(2)6-13-10(12)9-4-3-8(5-11)14-9/h3-4,7H,5-6,11H2,1-2H3. The lowest BCUT2D eigenvalue weighted by molar-refractivity contribution is 0.0421. The first-order valence-electron chi connectivity index (χ1n) is 4.59. The average Bonchev–Trinajstić information content (AvgIpc) is 2.62. The van der Waals surface area contributed by atoms with Crippen molar-refractivity contribution in [3.8, 4) is 0 Å². The Morgan fingerprint density at radius 3 is 2.79 bits per heavy atom. The molecule has 0 saturated carbocycles. The summed E-state index contributed by atoms with van der Waals surface area (Å²) in [5.41, 5.74) is 5.34. The first kappa shape index (κ1) is 10.8. The topological polar surface area (TPSA) is 65.5 Å². The van der Waals surface area contributed by atoms with Gasteiger partial charge in [0, 0.05) is 0 Å². The molecule has 14 heavy (non-hydrogen) atoms. The lowest BCUT2D eigenvalue weighted by Gasteiger charge is -2.04. The largest absolute Gasteiger partial charge is 0.460 e. The highest BCUT2D eigenvalue weighted by molar-refractivity contribution is 5.86. The summed E-state index contributed by atoms with van der Waals surface area (Å²) in [6.45, 7) is 4.64. The molecule has 0 unspecified atom stereocenters. The lowest BCUT2D eigenvalue weighted by Crippen LogP contribution is -2.09. The Morgan fingerprint density at radius 2 is 2.29 bits per heavy atom. The number of rotatable bonds is 4. The van der Waals surface area contributed by atoms with Gasteiger partial charge < -0.3 is 14.9 Å². The van der Waals surface area contributed by atoms with E-state index in [1.165, 1.54) is 0 Å². The minimum atomic E-state index is -0.432. The molecule has 1 aromatic heterocycles. The van der Waals surface area contributed by atoms with E-state index >= 15 is 0 Å². The molecule has 0 amide bonds. The maximum atomic E-state index is 11.3. The molecule has 0 aromatic carbocycles. The maximum Gasteiger partial charge on any atom is 0.374 e. The van der Waals surface area contributed by atoms with E-state index in [2.05, 4.69) is 0 Å².